The van der Waals surface area contributed by atoms with Gasteiger partial charge in [0.1, 0.15) is 0 Å². The second-order valence-electron chi connectivity index (χ2n) is 7.97. The molecule has 5 nitrogen and oxygen atoms in total. The third-order valence-corrected chi connectivity index (χ3v) is 5.55. The molecule has 2 rings (SSSR count). The van der Waals surface area contributed by atoms with E-state index < -0.39 is 18.3 Å². The van der Waals surface area contributed by atoms with Crippen molar-refractivity contribution in [3.8, 4) is 0 Å². The average Bonchev–Trinajstić information content (AvgIpc) is 2.49. The molecule has 0 spiro atoms. The zero-order valence-electron chi connectivity index (χ0n) is 15.9. The minimum absolute atomic E-state index is 0.459. The summed E-state index contributed by atoms with van der Waals surface area (Å²) in [5.74, 6) is 0. The number of benzene rings is 1. The summed E-state index contributed by atoms with van der Waals surface area (Å²) < 4.78 is 5.73. The molecule has 0 radical (unpaired) electrons. The van der Waals surface area contributed by atoms with E-state index >= 15 is 0 Å². The van der Waals surface area contributed by atoms with Gasteiger partial charge in [0.2, 0.25) is 0 Å². The number of hydrogen-bond acceptors (Lipinski definition) is 5. The Kier molecular flexibility index (Phi) is 6.57. The van der Waals surface area contributed by atoms with Crippen molar-refractivity contribution < 1.29 is 14.8 Å². The second kappa shape index (κ2) is 7.95. The Morgan fingerprint density at radius 1 is 1.16 bits per heavy atom. The van der Waals surface area contributed by atoms with E-state index in [1.807, 2.05) is 12.1 Å². The van der Waals surface area contributed by atoms with Gasteiger partial charge in [0, 0.05) is 43.2 Å². The van der Waals surface area contributed by atoms with Crippen molar-refractivity contribution in [2.45, 2.75) is 45.4 Å². The van der Waals surface area contributed by atoms with E-state index in [4.69, 9.17) is 16.3 Å². The third kappa shape index (κ3) is 5.42. The first-order chi connectivity index (χ1) is 11.5. The molecule has 1 aliphatic heterocycles. The van der Waals surface area contributed by atoms with Crippen molar-refractivity contribution in [1.29, 1.82) is 0 Å². The quantitative estimate of drug-likeness (QED) is 0.742. The molecule has 7 heteroatoms. The van der Waals surface area contributed by atoms with Crippen LogP contribution < -0.4 is 5.46 Å². The normalized spacial score (nSPS) is 17.8. The Morgan fingerprint density at radius 2 is 1.76 bits per heavy atom. The minimum atomic E-state index is -1.19. The highest BCUT2D eigenvalue weighted by molar-refractivity contribution is 6.64. The minimum Gasteiger partial charge on any atom is -0.423 e. The summed E-state index contributed by atoms with van der Waals surface area (Å²) in [4.78, 5) is 4.71. The van der Waals surface area contributed by atoms with Crippen LogP contribution >= 0.6 is 11.6 Å². The van der Waals surface area contributed by atoms with Crippen LogP contribution in [0.1, 0.15) is 33.3 Å². The van der Waals surface area contributed by atoms with E-state index in [1.165, 1.54) is 0 Å². The van der Waals surface area contributed by atoms with Gasteiger partial charge in [-0.3, -0.25) is 4.90 Å². The van der Waals surface area contributed by atoms with Crippen LogP contribution in [0, 0.1) is 0 Å². The molecule has 0 atom stereocenters. The van der Waals surface area contributed by atoms with Gasteiger partial charge in [-0.2, -0.15) is 0 Å². The van der Waals surface area contributed by atoms with E-state index in [9.17, 15) is 10.1 Å². The summed E-state index contributed by atoms with van der Waals surface area (Å²) >= 11 is 6.27. The maximum absolute atomic E-state index is 10.5. The van der Waals surface area contributed by atoms with Crippen LogP contribution in [0.3, 0.4) is 0 Å². The van der Waals surface area contributed by atoms with Gasteiger partial charge in [0.25, 0.3) is 0 Å². The van der Waals surface area contributed by atoms with Crippen molar-refractivity contribution in [2.24, 2.45) is 0 Å². The molecule has 1 saturated heterocycles. The maximum atomic E-state index is 10.5. The number of piperazine rings is 1. The Bertz CT molecular complexity index is 584. The molecule has 1 aromatic carbocycles. The lowest BCUT2D eigenvalue weighted by atomic mass is 9.76. The van der Waals surface area contributed by atoms with E-state index in [0.29, 0.717) is 10.5 Å². The summed E-state index contributed by atoms with van der Waals surface area (Å²) in [6.07, 6.45) is 0. The fourth-order valence-electron chi connectivity index (χ4n) is 2.63. The van der Waals surface area contributed by atoms with Gasteiger partial charge in [-0.05, 0) is 46.4 Å². The van der Waals surface area contributed by atoms with Crippen molar-refractivity contribution in [3.63, 3.8) is 0 Å². The molecule has 0 aliphatic carbocycles. The van der Waals surface area contributed by atoms with E-state index in [-0.39, 0.29) is 0 Å². The van der Waals surface area contributed by atoms with Crippen molar-refractivity contribution >= 4 is 24.2 Å². The van der Waals surface area contributed by atoms with E-state index in [2.05, 4.69) is 16.8 Å². The number of hydrogen-bond donors (Lipinski definition) is 2. The molecule has 1 fully saturated rings. The first-order valence-electron chi connectivity index (χ1n) is 8.77. The highest BCUT2D eigenvalue weighted by Gasteiger charge is 2.40. The first-order valence-corrected chi connectivity index (χ1v) is 9.15. The highest BCUT2D eigenvalue weighted by Crippen LogP contribution is 2.26. The summed E-state index contributed by atoms with van der Waals surface area (Å²) in [7, 11) is 0.942. The first kappa shape index (κ1) is 20.7. The molecular formula is C18H30BClN2O3. The lowest BCUT2D eigenvalue weighted by molar-refractivity contribution is -0.0982. The molecule has 0 aromatic heterocycles. The molecule has 2 N–H and O–H groups in total. The predicted octanol–water partition coefficient (Wildman–Crippen LogP) is 1.34. The number of nitrogens with zero attached hydrogens (tertiary/aromatic N) is 2. The number of aliphatic hydroxyl groups is 1. The van der Waals surface area contributed by atoms with Crippen LogP contribution in [0.5, 0.6) is 0 Å². The van der Waals surface area contributed by atoms with Gasteiger partial charge in [-0.1, -0.05) is 23.7 Å². The highest BCUT2D eigenvalue weighted by atomic mass is 35.5. The zero-order chi connectivity index (χ0) is 18.8. The van der Waals surface area contributed by atoms with Crippen molar-refractivity contribution in [1.82, 2.24) is 9.80 Å². The summed E-state index contributed by atoms with van der Waals surface area (Å²) in [5.41, 5.74) is -0.403. The van der Waals surface area contributed by atoms with Crippen LogP contribution in [0.15, 0.2) is 18.2 Å². The maximum Gasteiger partial charge on any atom is 0.493 e. The van der Waals surface area contributed by atoms with Gasteiger partial charge in [-0.15, -0.1) is 0 Å². The van der Waals surface area contributed by atoms with Gasteiger partial charge in [0.15, 0.2) is 0 Å². The van der Waals surface area contributed by atoms with Crippen LogP contribution in [0.2, 0.25) is 5.02 Å². The van der Waals surface area contributed by atoms with Crippen LogP contribution in [-0.4, -0.2) is 71.5 Å². The molecule has 25 heavy (non-hydrogen) atoms. The number of rotatable bonds is 6. The van der Waals surface area contributed by atoms with E-state index in [0.717, 1.165) is 38.3 Å². The van der Waals surface area contributed by atoms with Crippen LogP contribution in [0.4, 0.5) is 0 Å². The summed E-state index contributed by atoms with van der Waals surface area (Å²) in [6.45, 7) is 11.8. The van der Waals surface area contributed by atoms with Crippen LogP contribution in [-0.2, 0) is 11.2 Å². The zero-order valence-corrected chi connectivity index (χ0v) is 16.7. The van der Waals surface area contributed by atoms with Gasteiger partial charge >= 0.3 is 7.12 Å². The number of halogens is 1. The van der Waals surface area contributed by atoms with Gasteiger partial charge < -0.3 is 19.7 Å². The monoisotopic (exact) mass is 368 g/mol. The van der Waals surface area contributed by atoms with Crippen molar-refractivity contribution in [2.75, 3.05) is 33.2 Å². The molecule has 1 aliphatic rings. The predicted molar refractivity (Wildman–Crippen MR) is 103 cm³/mol. The molecular weight excluding hydrogens is 338 g/mol. The molecule has 1 aromatic rings. The molecule has 0 saturated carbocycles. The summed E-state index contributed by atoms with van der Waals surface area (Å²) in [6, 6.07) is 5.68. The Hall–Kier alpha value is -0.625. The smallest absolute Gasteiger partial charge is 0.423 e. The Labute approximate surface area is 156 Å². The molecule has 0 unspecified atom stereocenters. The van der Waals surface area contributed by atoms with Crippen molar-refractivity contribution in [3.05, 3.63) is 28.8 Å². The molecule has 0 amide bonds. The van der Waals surface area contributed by atoms with E-state index in [1.54, 1.807) is 33.8 Å². The number of likely N-dealkylation sites (N-methyl/N-ethyl adjacent to an activating group) is 1. The molecule has 1 heterocycles. The largest absolute Gasteiger partial charge is 0.493 e. The fourth-order valence-corrected chi connectivity index (χ4v) is 2.84. The lowest BCUT2D eigenvalue weighted by Crippen LogP contribution is -2.53. The Balaban J connectivity index is 2.10. The Morgan fingerprint density at radius 3 is 2.32 bits per heavy atom. The topological polar surface area (TPSA) is 56.2 Å². The van der Waals surface area contributed by atoms with Gasteiger partial charge in [-0.25, -0.2) is 0 Å². The fraction of sp³-hybridized carbons (Fsp3) is 0.667. The lowest BCUT2D eigenvalue weighted by Gasteiger charge is -2.38. The average molecular weight is 369 g/mol. The SMILES string of the molecule is CN1CCN(Cc2ccc(Cl)c(B(O)OC(C)(C)C(C)(C)O)c2)CC1. The molecule has 140 valence electrons. The molecule has 0 bridgehead atoms. The second-order valence-corrected chi connectivity index (χ2v) is 8.38. The van der Waals surface area contributed by atoms with Gasteiger partial charge in [0.05, 0.1) is 11.2 Å². The van der Waals surface area contributed by atoms with Crippen LogP contribution in [0.25, 0.3) is 0 Å². The standard InChI is InChI=1S/C18H30BClN2O3/c1-17(2,23)18(3,4)25-19(24)15-12-14(6-7-16(15)20)13-22-10-8-21(5)9-11-22/h6-7,12,23-24H,8-11,13H2,1-5H3. The third-order valence-electron chi connectivity index (χ3n) is 5.21. The summed E-state index contributed by atoms with van der Waals surface area (Å²) in [5, 5.41) is 21.2.